The number of ether oxygens (including phenoxy) is 1. The Labute approximate surface area is 259 Å². The van der Waals surface area contributed by atoms with Crippen molar-refractivity contribution in [3.8, 4) is 11.4 Å². The quantitative estimate of drug-likeness (QED) is 0.233. The van der Waals surface area contributed by atoms with Crippen LogP contribution in [0.5, 0.6) is 0 Å². The fraction of sp³-hybridized carbons (Fsp3) is 0.172. The van der Waals surface area contributed by atoms with Crippen molar-refractivity contribution in [1.82, 2.24) is 19.0 Å². The normalized spacial score (nSPS) is 14.0. The summed E-state index contributed by atoms with van der Waals surface area (Å²) in [5, 5.41) is 10.1. The third-order valence-electron chi connectivity index (χ3n) is 7.17. The van der Waals surface area contributed by atoms with Crippen molar-refractivity contribution in [2.45, 2.75) is 4.90 Å². The van der Waals surface area contributed by atoms with Crippen molar-refractivity contribution < 1.29 is 27.3 Å². The highest BCUT2D eigenvalue weighted by Gasteiger charge is 2.27. The molecule has 3 heterocycles. The summed E-state index contributed by atoms with van der Waals surface area (Å²) in [6.07, 6.45) is 0. The molecule has 0 bridgehead atoms. The molecule has 3 N–H and O–H groups in total. The van der Waals surface area contributed by atoms with E-state index in [2.05, 4.69) is 41.2 Å². The average Bonchev–Trinajstić information content (AvgIpc) is 3.61. The summed E-state index contributed by atoms with van der Waals surface area (Å²) in [4.78, 5) is 40.8. The highest BCUT2D eigenvalue weighted by molar-refractivity contribution is 9.10. The fourth-order valence-corrected chi connectivity index (χ4v) is 6.83. The molecule has 1 fully saturated rings. The number of carbonyl (C=O) groups excluding carboxylic acids is 2. The number of carbonyl (C=O) groups is 2. The van der Waals surface area contributed by atoms with Crippen molar-refractivity contribution in [3.63, 3.8) is 0 Å². The topological polar surface area (TPSA) is 169 Å². The standard InChI is InChI=1S/C29H25BrN6O7S/c1-35-24(28(38)31-22-9-8-19(30)16-21(22)26-33-29(39)43-34-26)15-17-4-3-7-23(25(17)35)32-27(37)18-5-2-6-20(14-18)44(40,41)36-10-12-42-13-11-36/h2-9,14-16H,10-13H2,1H3,(H,31,38)(H,32,37)(H,33,34,39). The van der Waals surface area contributed by atoms with E-state index in [-0.39, 0.29) is 29.4 Å². The third-order valence-corrected chi connectivity index (χ3v) is 9.55. The molecule has 15 heteroatoms. The first-order valence-corrected chi connectivity index (χ1v) is 15.6. The maximum absolute atomic E-state index is 13.5. The number of nitrogens with zero attached hydrogens (tertiary/aromatic N) is 3. The van der Waals surface area contributed by atoms with Gasteiger partial charge in [-0.1, -0.05) is 39.3 Å². The second-order valence-electron chi connectivity index (χ2n) is 9.92. The molecule has 5 aromatic rings. The molecule has 44 heavy (non-hydrogen) atoms. The van der Waals surface area contributed by atoms with Crippen LogP contribution in [-0.2, 0) is 21.8 Å². The molecule has 0 unspecified atom stereocenters. The minimum Gasteiger partial charge on any atom is -0.379 e. The predicted octanol–water partition coefficient (Wildman–Crippen LogP) is 3.81. The Morgan fingerprint density at radius 2 is 1.70 bits per heavy atom. The van der Waals surface area contributed by atoms with Crippen LogP contribution in [0.3, 0.4) is 0 Å². The summed E-state index contributed by atoms with van der Waals surface area (Å²) < 4.78 is 39.8. The molecule has 1 aliphatic rings. The maximum atomic E-state index is 13.5. The van der Waals surface area contributed by atoms with Crippen LogP contribution in [0.2, 0.25) is 0 Å². The van der Waals surface area contributed by atoms with Gasteiger partial charge in [-0.05, 0) is 48.5 Å². The van der Waals surface area contributed by atoms with Crippen LogP contribution in [0.15, 0.2) is 85.4 Å². The lowest BCUT2D eigenvalue weighted by atomic mass is 10.1. The molecule has 13 nitrogen and oxygen atoms in total. The lowest BCUT2D eigenvalue weighted by Crippen LogP contribution is -2.40. The van der Waals surface area contributed by atoms with Gasteiger partial charge in [-0.3, -0.25) is 19.1 Å². The van der Waals surface area contributed by atoms with Gasteiger partial charge in [0.05, 0.1) is 35.0 Å². The van der Waals surface area contributed by atoms with Crippen molar-refractivity contribution in [3.05, 3.63) is 93.0 Å². The largest absolute Gasteiger partial charge is 0.439 e. The first-order chi connectivity index (χ1) is 21.1. The Bertz CT molecular complexity index is 2080. The maximum Gasteiger partial charge on any atom is 0.439 e. The Morgan fingerprint density at radius 3 is 2.45 bits per heavy atom. The number of aromatic nitrogens is 3. The summed E-state index contributed by atoms with van der Waals surface area (Å²) in [6.45, 7) is 1.11. The molecule has 1 aliphatic heterocycles. The molecule has 0 radical (unpaired) electrons. The van der Waals surface area contributed by atoms with Gasteiger partial charge >= 0.3 is 5.76 Å². The number of nitrogens with one attached hydrogen (secondary N) is 3. The van der Waals surface area contributed by atoms with Gasteiger partial charge in [-0.2, -0.15) is 4.31 Å². The summed E-state index contributed by atoms with van der Waals surface area (Å²) in [5.74, 6) is -1.54. The van der Waals surface area contributed by atoms with Gasteiger partial charge in [0.1, 0.15) is 5.69 Å². The fourth-order valence-electron chi connectivity index (χ4n) is 5.02. The van der Waals surface area contributed by atoms with Crippen molar-refractivity contribution in [2.75, 3.05) is 36.9 Å². The van der Waals surface area contributed by atoms with Crippen molar-refractivity contribution in [2.24, 2.45) is 7.05 Å². The van der Waals surface area contributed by atoms with Gasteiger partial charge in [0, 0.05) is 41.1 Å². The second-order valence-corrected chi connectivity index (χ2v) is 12.8. The Morgan fingerprint density at radius 1 is 0.955 bits per heavy atom. The van der Waals surface area contributed by atoms with Crippen LogP contribution in [-0.4, -0.2) is 65.5 Å². The number of hydrogen-bond donors (Lipinski definition) is 3. The highest BCUT2D eigenvalue weighted by atomic mass is 79.9. The van der Waals surface area contributed by atoms with Crippen LogP contribution < -0.4 is 16.4 Å². The Balaban J connectivity index is 1.27. The number of aryl methyl sites for hydroxylation is 1. The second kappa shape index (κ2) is 11.8. The first kappa shape index (κ1) is 29.5. The van der Waals surface area contributed by atoms with Crippen LogP contribution in [0.25, 0.3) is 22.3 Å². The number of sulfonamides is 1. The van der Waals surface area contributed by atoms with Crippen LogP contribution in [0.1, 0.15) is 20.8 Å². The molecule has 2 aromatic heterocycles. The summed E-state index contributed by atoms with van der Waals surface area (Å²) >= 11 is 3.38. The molecule has 6 rings (SSSR count). The summed E-state index contributed by atoms with van der Waals surface area (Å²) in [6, 6.07) is 17.9. The van der Waals surface area contributed by atoms with Gasteiger partial charge in [-0.25, -0.2) is 13.2 Å². The molecule has 226 valence electrons. The van der Waals surface area contributed by atoms with E-state index in [0.29, 0.717) is 51.2 Å². The van der Waals surface area contributed by atoms with E-state index < -0.39 is 27.6 Å². The SMILES string of the molecule is Cn1c(C(=O)Nc2ccc(Br)cc2-c2noc(=O)[nH]2)cc2cccc(NC(=O)c3cccc(S(=O)(=O)N4CCOCC4)c3)c21. The number of aromatic amines is 1. The molecule has 1 saturated heterocycles. The van der Waals surface area contributed by atoms with Gasteiger partial charge in [0.25, 0.3) is 11.8 Å². The number of anilines is 2. The number of fused-ring (bicyclic) bond motifs is 1. The van der Waals surface area contributed by atoms with Gasteiger partial charge in [0.15, 0.2) is 5.82 Å². The zero-order valence-electron chi connectivity index (χ0n) is 23.2. The number of H-pyrrole nitrogens is 1. The average molecular weight is 682 g/mol. The van der Waals surface area contributed by atoms with Crippen LogP contribution >= 0.6 is 15.9 Å². The minimum atomic E-state index is -3.79. The van der Waals surface area contributed by atoms with E-state index in [4.69, 9.17) is 4.74 Å². The zero-order valence-corrected chi connectivity index (χ0v) is 25.6. The molecule has 0 spiro atoms. The van der Waals surface area contributed by atoms with Crippen molar-refractivity contribution >= 4 is 60.0 Å². The van der Waals surface area contributed by atoms with E-state index in [1.807, 2.05) is 6.07 Å². The van der Waals surface area contributed by atoms with Crippen molar-refractivity contribution in [1.29, 1.82) is 0 Å². The first-order valence-electron chi connectivity index (χ1n) is 13.4. The summed E-state index contributed by atoms with van der Waals surface area (Å²) in [7, 11) is -2.10. The number of benzene rings is 3. The van der Waals surface area contributed by atoms with Gasteiger partial charge in [-0.15, -0.1) is 0 Å². The number of halogens is 1. The number of para-hydroxylation sites is 1. The molecule has 2 amide bonds. The van der Waals surface area contributed by atoms with E-state index in [1.54, 1.807) is 48.0 Å². The van der Waals surface area contributed by atoms with Crippen LogP contribution in [0.4, 0.5) is 11.4 Å². The Hall–Kier alpha value is -4.57. The molecule has 0 aliphatic carbocycles. The smallest absolute Gasteiger partial charge is 0.379 e. The predicted molar refractivity (Wildman–Crippen MR) is 165 cm³/mol. The minimum absolute atomic E-state index is 0.0186. The molecular weight excluding hydrogens is 656 g/mol. The molecule has 0 atom stereocenters. The summed E-state index contributed by atoms with van der Waals surface area (Å²) in [5.41, 5.74) is 2.29. The molecule has 3 aromatic carbocycles. The lowest BCUT2D eigenvalue weighted by Gasteiger charge is -2.26. The molecule has 0 saturated carbocycles. The van der Waals surface area contributed by atoms with E-state index >= 15 is 0 Å². The monoisotopic (exact) mass is 680 g/mol. The van der Waals surface area contributed by atoms with Gasteiger partial charge in [0.2, 0.25) is 10.0 Å². The number of hydrogen-bond acceptors (Lipinski definition) is 8. The van der Waals surface area contributed by atoms with E-state index in [9.17, 15) is 22.8 Å². The number of morpholine rings is 1. The number of rotatable bonds is 7. The number of amides is 2. The Kier molecular flexibility index (Phi) is 7.94. The zero-order chi connectivity index (χ0) is 31.0. The molecular formula is C29H25BrN6O7S. The van der Waals surface area contributed by atoms with Crippen LogP contribution in [0, 0.1) is 0 Å². The third kappa shape index (κ3) is 5.69. The highest BCUT2D eigenvalue weighted by Crippen LogP contribution is 2.31. The van der Waals surface area contributed by atoms with E-state index in [1.165, 1.54) is 28.6 Å². The lowest BCUT2D eigenvalue weighted by molar-refractivity contribution is 0.0730. The van der Waals surface area contributed by atoms with Gasteiger partial charge < -0.3 is 19.9 Å². The van der Waals surface area contributed by atoms with E-state index in [0.717, 1.165) is 0 Å².